The van der Waals surface area contributed by atoms with Crippen LogP contribution in [0.1, 0.15) is 19.0 Å². The second kappa shape index (κ2) is 5.38. The zero-order chi connectivity index (χ0) is 10.6. The zero-order valence-corrected chi connectivity index (χ0v) is 9.29. The predicted octanol–water partition coefficient (Wildman–Crippen LogP) is 0.775. The second-order valence-electron chi connectivity index (χ2n) is 3.12. The van der Waals surface area contributed by atoms with Gasteiger partial charge in [0.1, 0.15) is 0 Å². The number of hydrogen-bond acceptors (Lipinski definition) is 4. The van der Waals surface area contributed by atoms with Gasteiger partial charge in [0.05, 0.1) is 24.6 Å². The van der Waals surface area contributed by atoms with Crippen LogP contribution in [0.15, 0.2) is 11.4 Å². The zero-order valence-electron chi connectivity index (χ0n) is 8.47. The topological polar surface area (TPSA) is 58.3 Å². The van der Waals surface area contributed by atoms with Gasteiger partial charge in [0, 0.05) is 12.8 Å². The van der Waals surface area contributed by atoms with Gasteiger partial charge in [-0.05, 0) is 6.42 Å². The Morgan fingerprint density at radius 1 is 1.64 bits per heavy atom. The number of hydrogen-bond donors (Lipinski definition) is 2. The number of aromatic nitrogens is 2. The molecule has 0 saturated carbocycles. The fraction of sp³-hybridized carbons (Fsp3) is 0.667. The fourth-order valence-electron chi connectivity index (χ4n) is 0.995. The van der Waals surface area contributed by atoms with Gasteiger partial charge in [-0.15, -0.1) is 0 Å². The number of aliphatic hydroxyl groups excluding tert-OH is 2. The largest absolute Gasteiger partial charge is 0.392 e. The highest BCUT2D eigenvalue weighted by molar-refractivity contribution is 7.99. The highest BCUT2D eigenvalue weighted by Crippen LogP contribution is 2.18. The highest BCUT2D eigenvalue weighted by atomic mass is 32.2. The summed E-state index contributed by atoms with van der Waals surface area (Å²) in [7, 11) is 1.86. The van der Waals surface area contributed by atoms with Crippen LogP contribution < -0.4 is 0 Å². The van der Waals surface area contributed by atoms with E-state index in [1.165, 1.54) is 11.8 Å². The summed E-state index contributed by atoms with van der Waals surface area (Å²) in [6.07, 6.45) is 2.12. The molecule has 4 nitrogen and oxygen atoms in total. The fourth-order valence-corrected chi connectivity index (χ4v) is 2.01. The summed E-state index contributed by atoms with van der Waals surface area (Å²) in [5, 5.41) is 19.1. The van der Waals surface area contributed by atoms with Gasteiger partial charge in [-0.2, -0.15) is 0 Å². The molecule has 1 rings (SSSR count). The summed E-state index contributed by atoms with van der Waals surface area (Å²) in [6, 6.07) is 0. The van der Waals surface area contributed by atoms with Gasteiger partial charge in [0.2, 0.25) is 0 Å². The summed E-state index contributed by atoms with van der Waals surface area (Å²) >= 11 is 1.51. The molecule has 2 N–H and O–H groups in total. The van der Waals surface area contributed by atoms with E-state index >= 15 is 0 Å². The maximum atomic E-state index is 9.37. The summed E-state index contributed by atoms with van der Waals surface area (Å²) in [5.74, 6) is 0.645. The van der Waals surface area contributed by atoms with Crippen molar-refractivity contribution in [1.82, 2.24) is 9.55 Å². The van der Waals surface area contributed by atoms with E-state index in [2.05, 4.69) is 4.98 Å². The average molecular weight is 216 g/mol. The Hall–Kier alpha value is -0.520. The van der Waals surface area contributed by atoms with Crippen molar-refractivity contribution in [3.63, 3.8) is 0 Å². The second-order valence-corrected chi connectivity index (χ2v) is 4.11. The average Bonchev–Trinajstić information content (AvgIpc) is 2.56. The standard InChI is InChI=1S/C9H16N2O2S/c1-3-8(13)6-14-9-10-4-7(5-12)11(9)2/h4,8,12-13H,3,5-6H2,1-2H3. The Bertz CT molecular complexity index is 288. The Morgan fingerprint density at radius 3 is 2.86 bits per heavy atom. The molecule has 0 amide bonds. The maximum Gasteiger partial charge on any atom is 0.168 e. The van der Waals surface area contributed by atoms with Crippen molar-refractivity contribution in [2.75, 3.05) is 5.75 Å². The summed E-state index contributed by atoms with van der Waals surface area (Å²) in [5.41, 5.74) is 0.790. The Kier molecular flexibility index (Phi) is 4.44. The van der Waals surface area contributed by atoms with E-state index in [4.69, 9.17) is 5.11 Å². The molecule has 0 bridgehead atoms. The summed E-state index contributed by atoms with van der Waals surface area (Å²) in [4.78, 5) is 4.15. The van der Waals surface area contributed by atoms with Crippen molar-refractivity contribution in [3.05, 3.63) is 11.9 Å². The molecule has 1 aromatic rings. The molecule has 0 saturated heterocycles. The van der Waals surface area contributed by atoms with Gasteiger partial charge in [0.15, 0.2) is 5.16 Å². The smallest absolute Gasteiger partial charge is 0.168 e. The molecule has 5 heteroatoms. The molecule has 14 heavy (non-hydrogen) atoms. The lowest BCUT2D eigenvalue weighted by atomic mass is 10.3. The van der Waals surface area contributed by atoms with Crippen molar-refractivity contribution in [1.29, 1.82) is 0 Å². The van der Waals surface area contributed by atoms with Crippen LogP contribution in [0.25, 0.3) is 0 Å². The lowest BCUT2D eigenvalue weighted by Crippen LogP contribution is -2.08. The van der Waals surface area contributed by atoms with Gasteiger partial charge in [0.25, 0.3) is 0 Å². The SMILES string of the molecule is CCC(O)CSc1ncc(CO)n1C. The number of nitrogens with zero attached hydrogens (tertiary/aromatic N) is 2. The third kappa shape index (κ3) is 2.73. The van der Waals surface area contributed by atoms with Crippen LogP contribution in [0.3, 0.4) is 0 Å². The minimum absolute atomic E-state index is 0.000388. The summed E-state index contributed by atoms with van der Waals surface area (Å²) in [6.45, 7) is 1.95. The van der Waals surface area contributed by atoms with E-state index in [1.54, 1.807) is 6.20 Å². The molecule has 0 aliphatic carbocycles. The van der Waals surface area contributed by atoms with Crippen LogP contribution >= 0.6 is 11.8 Å². The lowest BCUT2D eigenvalue weighted by Gasteiger charge is -2.07. The molecule has 0 aliphatic rings. The van der Waals surface area contributed by atoms with Gasteiger partial charge in [-0.3, -0.25) is 0 Å². The Balaban J connectivity index is 2.54. The number of aliphatic hydroxyl groups is 2. The molecule has 1 heterocycles. The van der Waals surface area contributed by atoms with Crippen LogP contribution in [0.4, 0.5) is 0 Å². The molecule has 1 atom stereocenters. The maximum absolute atomic E-state index is 9.37. The van der Waals surface area contributed by atoms with E-state index in [-0.39, 0.29) is 12.7 Å². The summed E-state index contributed by atoms with van der Waals surface area (Å²) < 4.78 is 1.84. The number of thioether (sulfide) groups is 1. The first kappa shape index (κ1) is 11.6. The van der Waals surface area contributed by atoms with E-state index in [0.29, 0.717) is 5.75 Å². The van der Waals surface area contributed by atoms with E-state index in [0.717, 1.165) is 17.3 Å². The highest BCUT2D eigenvalue weighted by Gasteiger charge is 2.08. The van der Waals surface area contributed by atoms with Crippen molar-refractivity contribution >= 4 is 11.8 Å². The first-order valence-electron chi connectivity index (χ1n) is 4.61. The van der Waals surface area contributed by atoms with Gasteiger partial charge >= 0.3 is 0 Å². The van der Waals surface area contributed by atoms with E-state index in [9.17, 15) is 5.11 Å². The minimum Gasteiger partial charge on any atom is -0.392 e. The first-order chi connectivity index (χ1) is 6.69. The van der Waals surface area contributed by atoms with E-state index in [1.807, 2.05) is 18.5 Å². The van der Waals surface area contributed by atoms with Gasteiger partial charge in [-0.1, -0.05) is 18.7 Å². The molecule has 0 aromatic carbocycles. The Morgan fingerprint density at radius 2 is 2.36 bits per heavy atom. The Labute approximate surface area is 88.0 Å². The van der Waals surface area contributed by atoms with Crippen LogP contribution in [-0.4, -0.2) is 31.6 Å². The molecule has 1 unspecified atom stereocenters. The van der Waals surface area contributed by atoms with Crippen molar-refractivity contribution < 1.29 is 10.2 Å². The molecular weight excluding hydrogens is 200 g/mol. The van der Waals surface area contributed by atoms with Crippen LogP contribution in [0, 0.1) is 0 Å². The minimum atomic E-state index is -0.283. The van der Waals surface area contributed by atoms with E-state index < -0.39 is 0 Å². The lowest BCUT2D eigenvalue weighted by molar-refractivity contribution is 0.195. The molecule has 1 aromatic heterocycles. The number of imidazole rings is 1. The first-order valence-corrected chi connectivity index (χ1v) is 5.59. The number of rotatable bonds is 5. The van der Waals surface area contributed by atoms with Crippen molar-refractivity contribution in [3.8, 4) is 0 Å². The van der Waals surface area contributed by atoms with Crippen molar-refractivity contribution in [2.45, 2.75) is 31.2 Å². The molecule has 0 spiro atoms. The van der Waals surface area contributed by atoms with Crippen LogP contribution in [0.5, 0.6) is 0 Å². The van der Waals surface area contributed by atoms with Crippen molar-refractivity contribution in [2.24, 2.45) is 7.05 Å². The monoisotopic (exact) mass is 216 g/mol. The molecule has 0 radical (unpaired) electrons. The quantitative estimate of drug-likeness (QED) is 0.714. The van der Waals surface area contributed by atoms with Crippen LogP contribution in [0.2, 0.25) is 0 Å². The van der Waals surface area contributed by atoms with Gasteiger partial charge < -0.3 is 14.8 Å². The molecule has 0 fully saturated rings. The molecule has 0 aliphatic heterocycles. The normalized spacial score (nSPS) is 13.1. The van der Waals surface area contributed by atoms with Gasteiger partial charge in [-0.25, -0.2) is 4.98 Å². The van der Waals surface area contributed by atoms with Crippen LogP contribution in [-0.2, 0) is 13.7 Å². The molecular formula is C9H16N2O2S. The third-order valence-electron chi connectivity index (χ3n) is 2.08. The third-order valence-corrected chi connectivity index (χ3v) is 3.27. The molecule has 80 valence electrons. The predicted molar refractivity (Wildman–Crippen MR) is 56.2 cm³/mol.